The SMILES string of the molecule is CCOC(C)c1nc(CN(C)C(=O)CCC2CCNCC2)cs1.Cl.Cl. The van der Waals surface area contributed by atoms with Gasteiger partial charge in [-0.3, -0.25) is 4.79 Å². The van der Waals surface area contributed by atoms with E-state index in [2.05, 4.69) is 10.3 Å². The summed E-state index contributed by atoms with van der Waals surface area (Å²) in [7, 11) is 1.87. The molecule has 1 aromatic rings. The van der Waals surface area contributed by atoms with Gasteiger partial charge in [-0.1, -0.05) is 0 Å². The lowest BCUT2D eigenvalue weighted by Crippen LogP contribution is -2.30. The first-order valence-electron chi connectivity index (χ1n) is 8.60. The van der Waals surface area contributed by atoms with Crippen LogP contribution in [0.1, 0.15) is 56.3 Å². The minimum atomic E-state index is 0. The predicted molar refractivity (Wildman–Crippen MR) is 108 cm³/mol. The molecule has 0 spiro atoms. The Labute approximate surface area is 167 Å². The number of thiazole rings is 1. The van der Waals surface area contributed by atoms with Crippen LogP contribution in [0, 0.1) is 5.92 Å². The zero-order valence-electron chi connectivity index (χ0n) is 15.3. The molecule has 0 saturated carbocycles. The van der Waals surface area contributed by atoms with Gasteiger partial charge >= 0.3 is 0 Å². The number of piperidine rings is 1. The van der Waals surface area contributed by atoms with Crippen LogP contribution >= 0.6 is 36.2 Å². The van der Waals surface area contributed by atoms with E-state index in [1.807, 2.05) is 26.3 Å². The summed E-state index contributed by atoms with van der Waals surface area (Å²) >= 11 is 1.61. The number of nitrogens with one attached hydrogen (secondary N) is 1. The van der Waals surface area contributed by atoms with E-state index in [-0.39, 0.29) is 36.8 Å². The normalized spacial score (nSPS) is 15.8. The van der Waals surface area contributed by atoms with E-state index >= 15 is 0 Å². The Morgan fingerprint density at radius 2 is 2.12 bits per heavy atom. The second-order valence-corrected chi connectivity index (χ2v) is 7.15. The van der Waals surface area contributed by atoms with Crippen LogP contribution in [-0.2, 0) is 16.1 Å². The summed E-state index contributed by atoms with van der Waals surface area (Å²) in [6.07, 6.45) is 4.07. The van der Waals surface area contributed by atoms with E-state index in [4.69, 9.17) is 4.74 Å². The Morgan fingerprint density at radius 1 is 1.44 bits per heavy atom. The third kappa shape index (κ3) is 8.22. The molecule has 1 aliphatic rings. The highest BCUT2D eigenvalue weighted by Gasteiger charge is 2.17. The summed E-state index contributed by atoms with van der Waals surface area (Å²) in [6, 6.07) is 0. The molecular formula is C17H31Cl2N3O2S. The van der Waals surface area contributed by atoms with E-state index < -0.39 is 0 Å². The van der Waals surface area contributed by atoms with E-state index in [9.17, 15) is 4.79 Å². The van der Waals surface area contributed by atoms with Crippen LogP contribution in [0.3, 0.4) is 0 Å². The molecule has 1 unspecified atom stereocenters. The largest absolute Gasteiger partial charge is 0.372 e. The van der Waals surface area contributed by atoms with Crippen molar-refractivity contribution in [2.75, 3.05) is 26.7 Å². The van der Waals surface area contributed by atoms with Crippen LogP contribution < -0.4 is 5.32 Å². The molecule has 25 heavy (non-hydrogen) atoms. The summed E-state index contributed by atoms with van der Waals surface area (Å²) < 4.78 is 5.56. The fourth-order valence-electron chi connectivity index (χ4n) is 2.92. The standard InChI is InChI=1S/C17H29N3O2S.2ClH/c1-4-22-13(2)17-19-15(12-23-17)11-20(3)16(21)6-5-14-7-9-18-10-8-14;;/h12-14,18H,4-11H2,1-3H3;2*1H. The molecule has 5 nitrogen and oxygen atoms in total. The fourth-order valence-corrected chi connectivity index (χ4v) is 3.74. The van der Waals surface area contributed by atoms with Crippen molar-refractivity contribution in [1.82, 2.24) is 15.2 Å². The molecule has 2 rings (SSSR count). The number of hydrogen-bond donors (Lipinski definition) is 1. The molecule has 146 valence electrons. The maximum Gasteiger partial charge on any atom is 0.222 e. The quantitative estimate of drug-likeness (QED) is 0.705. The van der Waals surface area contributed by atoms with Crippen molar-refractivity contribution in [3.05, 3.63) is 16.1 Å². The molecule has 1 fully saturated rings. The fraction of sp³-hybridized carbons (Fsp3) is 0.765. The van der Waals surface area contributed by atoms with E-state index in [0.717, 1.165) is 30.2 Å². The van der Waals surface area contributed by atoms with Gasteiger partial charge in [0.1, 0.15) is 11.1 Å². The van der Waals surface area contributed by atoms with Crippen molar-refractivity contribution in [2.24, 2.45) is 5.92 Å². The Hall–Kier alpha value is -0.400. The smallest absolute Gasteiger partial charge is 0.222 e. The minimum absolute atomic E-state index is 0. The van der Waals surface area contributed by atoms with Gasteiger partial charge in [-0.15, -0.1) is 36.2 Å². The molecule has 1 atom stereocenters. The Balaban J connectivity index is 0.00000288. The van der Waals surface area contributed by atoms with Crippen molar-refractivity contribution < 1.29 is 9.53 Å². The van der Waals surface area contributed by atoms with Crippen LogP contribution in [0.15, 0.2) is 5.38 Å². The summed E-state index contributed by atoms with van der Waals surface area (Å²) in [5, 5.41) is 6.38. The van der Waals surface area contributed by atoms with Crippen molar-refractivity contribution in [2.45, 2.75) is 52.2 Å². The number of rotatable bonds is 8. The number of amides is 1. The lowest BCUT2D eigenvalue weighted by molar-refractivity contribution is -0.130. The second kappa shape index (κ2) is 12.9. The molecule has 0 bridgehead atoms. The van der Waals surface area contributed by atoms with E-state index in [1.54, 1.807) is 16.2 Å². The predicted octanol–water partition coefficient (Wildman–Crippen LogP) is 3.82. The number of nitrogens with zero attached hydrogens (tertiary/aromatic N) is 2. The molecule has 1 aliphatic heterocycles. The molecule has 1 saturated heterocycles. The second-order valence-electron chi connectivity index (χ2n) is 6.26. The third-order valence-electron chi connectivity index (χ3n) is 4.38. The number of aromatic nitrogens is 1. The zero-order chi connectivity index (χ0) is 16.7. The zero-order valence-corrected chi connectivity index (χ0v) is 17.8. The summed E-state index contributed by atoms with van der Waals surface area (Å²) in [6.45, 7) is 7.45. The molecule has 0 aromatic carbocycles. The van der Waals surface area contributed by atoms with Gasteiger partial charge in [-0.2, -0.15) is 0 Å². The summed E-state index contributed by atoms with van der Waals surface area (Å²) in [5.74, 6) is 0.919. The number of halogens is 2. The molecule has 0 aliphatic carbocycles. The number of carbonyl (C=O) groups excluding carboxylic acids is 1. The topological polar surface area (TPSA) is 54.5 Å². The molecule has 0 radical (unpaired) electrons. The highest BCUT2D eigenvalue weighted by Crippen LogP contribution is 2.22. The average molecular weight is 412 g/mol. The van der Waals surface area contributed by atoms with Crippen molar-refractivity contribution in [3.63, 3.8) is 0 Å². The maximum atomic E-state index is 12.3. The number of ether oxygens (including phenoxy) is 1. The van der Waals surface area contributed by atoms with Gasteiger partial charge in [0.05, 0.1) is 12.2 Å². The van der Waals surface area contributed by atoms with Gasteiger partial charge in [0, 0.05) is 25.5 Å². The molecule has 1 aromatic heterocycles. The molecule has 8 heteroatoms. The number of carbonyl (C=O) groups is 1. The Bertz CT molecular complexity index is 496. The van der Waals surface area contributed by atoms with E-state index in [0.29, 0.717) is 25.5 Å². The van der Waals surface area contributed by atoms with Gasteiger partial charge in [-0.05, 0) is 52.1 Å². The van der Waals surface area contributed by atoms with Gasteiger partial charge in [0.25, 0.3) is 0 Å². The van der Waals surface area contributed by atoms with Crippen LogP contribution in [0.25, 0.3) is 0 Å². The van der Waals surface area contributed by atoms with E-state index in [1.165, 1.54) is 12.8 Å². The highest BCUT2D eigenvalue weighted by atomic mass is 35.5. The van der Waals surface area contributed by atoms with Gasteiger partial charge in [0.15, 0.2) is 0 Å². The summed E-state index contributed by atoms with van der Waals surface area (Å²) in [4.78, 5) is 18.7. The monoisotopic (exact) mass is 411 g/mol. The lowest BCUT2D eigenvalue weighted by Gasteiger charge is -2.23. The van der Waals surface area contributed by atoms with Gasteiger partial charge in [-0.25, -0.2) is 4.98 Å². The van der Waals surface area contributed by atoms with Crippen molar-refractivity contribution >= 4 is 42.1 Å². The molecule has 1 N–H and O–H groups in total. The highest BCUT2D eigenvalue weighted by molar-refractivity contribution is 7.09. The molecule has 1 amide bonds. The van der Waals surface area contributed by atoms with Crippen molar-refractivity contribution in [3.8, 4) is 0 Å². The molecule has 2 heterocycles. The van der Waals surface area contributed by atoms with Crippen LogP contribution in [-0.4, -0.2) is 42.5 Å². The third-order valence-corrected chi connectivity index (χ3v) is 5.44. The van der Waals surface area contributed by atoms with Crippen LogP contribution in [0.4, 0.5) is 0 Å². The maximum absolute atomic E-state index is 12.3. The Kier molecular flexibility index (Phi) is 12.7. The average Bonchev–Trinajstić information content (AvgIpc) is 3.02. The number of hydrogen-bond acceptors (Lipinski definition) is 5. The summed E-state index contributed by atoms with van der Waals surface area (Å²) in [5.41, 5.74) is 0.953. The van der Waals surface area contributed by atoms with Crippen LogP contribution in [0.2, 0.25) is 0 Å². The lowest BCUT2D eigenvalue weighted by atomic mass is 9.93. The van der Waals surface area contributed by atoms with Gasteiger partial charge in [0.2, 0.25) is 5.91 Å². The first-order valence-corrected chi connectivity index (χ1v) is 9.48. The van der Waals surface area contributed by atoms with Gasteiger partial charge < -0.3 is 15.0 Å². The minimum Gasteiger partial charge on any atom is -0.372 e. The van der Waals surface area contributed by atoms with Crippen LogP contribution in [0.5, 0.6) is 0 Å². The first kappa shape index (κ1) is 24.6. The first-order chi connectivity index (χ1) is 11.1. The Morgan fingerprint density at radius 3 is 2.76 bits per heavy atom. The van der Waals surface area contributed by atoms with Crippen molar-refractivity contribution in [1.29, 1.82) is 0 Å². The molecular weight excluding hydrogens is 381 g/mol.